The average molecular weight is 272 g/mol. The van der Waals surface area contributed by atoms with Gasteiger partial charge in [-0.25, -0.2) is 8.42 Å². The van der Waals surface area contributed by atoms with Gasteiger partial charge in [0, 0.05) is 18.9 Å². The summed E-state index contributed by atoms with van der Waals surface area (Å²) in [5.74, 6) is -1.14. The molecule has 0 saturated carbocycles. The molecule has 0 amide bonds. The molecular formula is C11H16N2O4S. The number of sulfonamides is 1. The summed E-state index contributed by atoms with van der Waals surface area (Å²) in [6.45, 7) is 3.26. The van der Waals surface area contributed by atoms with Crippen molar-refractivity contribution in [2.75, 3.05) is 13.1 Å². The van der Waals surface area contributed by atoms with Crippen LogP contribution in [0.15, 0.2) is 29.4 Å². The fourth-order valence-electron chi connectivity index (χ4n) is 1.45. The van der Waals surface area contributed by atoms with Crippen molar-refractivity contribution in [3.8, 4) is 0 Å². The smallest absolute Gasteiger partial charge is 0.318 e. The molecule has 18 heavy (non-hydrogen) atoms. The molecule has 0 saturated heterocycles. The number of pyridine rings is 1. The number of aromatic nitrogens is 1. The van der Waals surface area contributed by atoms with Crippen molar-refractivity contribution in [3.63, 3.8) is 0 Å². The lowest BCUT2D eigenvalue weighted by Crippen LogP contribution is -2.38. The van der Waals surface area contributed by atoms with Crippen molar-refractivity contribution in [1.82, 2.24) is 9.29 Å². The molecule has 1 aromatic heterocycles. The van der Waals surface area contributed by atoms with Gasteiger partial charge in [0.1, 0.15) is 11.4 Å². The molecule has 0 aliphatic heterocycles. The van der Waals surface area contributed by atoms with Crippen LogP contribution in [0, 0.1) is 5.92 Å². The van der Waals surface area contributed by atoms with Crippen molar-refractivity contribution in [3.05, 3.63) is 24.5 Å². The number of hydrogen-bond acceptors (Lipinski definition) is 4. The van der Waals surface area contributed by atoms with E-state index in [4.69, 9.17) is 5.11 Å². The number of aliphatic carboxylic acids is 1. The minimum Gasteiger partial charge on any atom is -0.480 e. The highest BCUT2D eigenvalue weighted by Gasteiger charge is 2.27. The second-order valence-electron chi connectivity index (χ2n) is 4.27. The van der Waals surface area contributed by atoms with Crippen LogP contribution in [-0.2, 0) is 14.8 Å². The first kappa shape index (κ1) is 14.6. The highest BCUT2D eigenvalue weighted by Crippen LogP contribution is 2.15. The van der Waals surface area contributed by atoms with Gasteiger partial charge in [0.15, 0.2) is 0 Å². The van der Waals surface area contributed by atoms with E-state index >= 15 is 0 Å². The van der Waals surface area contributed by atoms with Gasteiger partial charge in [-0.15, -0.1) is 0 Å². The molecule has 1 aromatic rings. The van der Waals surface area contributed by atoms with E-state index in [0.717, 1.165) is 4.31 Å². The molecule has 1 N–H and O–H groups in total. The number of rotatable bonds is 6. The fourth-order valence-corrected chi connectivity index (χ4v) is 2.97. The van der Waals surface area contributed by atoms with Crippen LogP contribution in [0.5, 0.6) is 0 Å². The Morgan fingerprint density at radius 1 is 1.50 bits per heavy atom. The molecule has 0 aliphatic carbocycles. The first-order chi connectivity index (χ1) is 8.34. The number of carboxylic acid groups (broad SMARTS) is 1. The van der Waals surface area contributed by atoms with Gasteiger partial charge in [0.2, 0.25) is 10.0 Å². The molecule has 0 aromatic carbocycles. The van der Waals surface area contributed by atoms with Crippen LogP contribution >= 0.6 is 0 Å². The number of carboxylic acids is 1. The summed E-state index contributed by atoms with van der Waals surface area (Å²) in [5, 5.41) is 8.79. The van der Waals surface area contributed by atoms with Gasteiger partial charge in [-0.1, -0.05) is 13.8 Å². The van der Waals surface area contributed by atoms with E-state index < -0.39 is 22.5 Å². The zero-order chi connectivity index (χ0) is 13.8. The van der Waals surface area contributed by atoms with Gasteiger partial charge in [-0.3, -0.25) is 9.78 Å². The van der Waals surface area contributed by atoms with Gasteiger partial charge >= 0.3 is 5.97 Å². The zero-order valence-electron chi connectivity index (χ0n) is 10.3. The molecule has 0 unspecified atom stereocenters. The van der Waals surface area contributed by atoms with Crippen LogP contribution < -0.4 is 0 Å². The Balaban J connectivity index is 3.07. The molecule has 7 heteroatoms. The largest absolute Gasteiger partial charge is 0.480 e. The molecule has 0 aliphatic rings. The van der Waals surface area contributed by atoms with Crippen molar-refractivity contribution in [2.45, 2.75) is 18.7 Å². The van der Waals surface area contributed by atoms with E-state index in [9.17, 15) is 13.2 Å². The summed E-state index contributed by atoms with van der Waals surface area (Å²) in [6, 6.07) is 2.90. The predicted molar refractivity (Wildman–Crippen MR) is 65.5 cm³/mol. The van der Waals surface area contributed by atoms with E-state index in [-0.39, 0.29) is 17.4 Å². The van der Waals surface area contributed by atoms with Crippen LogP contribution in [0.4, 0.5) is 0 Å². The Hall–Kier alpha value is -1.47. The van der Waals surface area contributed by atoms with Crippen LogP contribution in [0.3, 0.4) is 0 Å². The van der Waals surface area contributed by atoms with Gasteiger partial charge in [-0.2, -0.15) is 4.31 Å². The summed E-state index contributed by atoms with van der Waals surface area (Å²) in [6.07, 6.45) is 2.67. The Morgan fingerprint density at radius 3 is 2.61 bits per heavy atom. The first-order valence-electron chi connectivity index (χ1n) is 5.46. The molecule has 0 atom stereocenters. The molecule has 0 radical (unpaired) electrons. The van der Waals surface area contributed by atoms with Gasteiger partial charge in [0.05, 0.1) is 0 Å². The third-order valence-corrected chi connectivity index (χ3v) is 3.95. The Labute approximate surface area is 106 Å². The van der Waals surface area contributed by atoms with Crippen molar-refractivity contribution in [1.29, 1.82) is 0 Å². The highest BCUT2D eigenvalue weighted by molar-refractivity contribution is 7.89. The Kier molecular flexibility index (Phi) is 4.80. The Morgan fingerprint density at radius 2 is 2.17 bits per heavy atom. The van der Waals surface area contributed by atoms with Crippen LogP contribution in [0.2, 0.25) is 0 Å². The second-order valence-corrected chi connectivity index (χ2v) is 6.21. The molecule has 6 nitrogen and oxygen atoms in total. The number of carbonyl (C=O) groups is 1. The molecule has 1 rings (SSSR count). The number of hydrogen-bond donors (Lipinski definition) is 1. The molecule has 100 valence electrons. The minimum atomic E-state index is -3.80. The van der Waals surface area contributed by atoms with E-state index in [1.165, 1.54) is 24.5 Å². The molecule has 0 spiro atoms. The minimum absolute atomic E-state index is 0.00639. The fraction of sp³-hybridized carbons (Fsp3) is 0.455. The summed E-state index contributed by atoms with van der Waals surface area (Å²) >= 11 is 0. The predicted octanol–water partition coefficient (Wildman–Crippen LogP) is 0.813. The third-order valence-electron chi connectivity index (χ3n) is 2.15. The summed E-state index contributed by atoms with van der Waals surface area (Å²) < 4.78 is 25.4. The highest BCUT2D eigenvalue weighted by atomic mass is 32.2. The molecule has 0 fully saturated rings. The van der Waals surface area contributed by atoms with Crippen LogP contribution in [0.25, 0.3) is 0 Å². The lowest BCUT2D eigenvalue weighted by molar-refractivity contribution is -0.137. The monoisotopic (exact) mass is 272 g/mol. The third kappa shape index (κ3) is 3.78. The normalized spacial score (nSPS) is 12.0. The van der Waals surface area contributed by atoms with E-state index in [1.807, 2.05) is 13.8 Å². The quantitative estimate of drug-likeness (QED) is 0.828. The standard InChI is InChI=1S/C11H16N2O4S/c1-9(2)7-13(8-11(14)15)18(16,17)10-4-3-5-12-6-10/h3-6,9H,7-8H2,1-2H3,(H,14,15). The average Bonchev–Trinajstić information content (AvgIpc) is 2.28. The van der Waals surface area contributed by atoms with Crippen molar-refractivity contribution >= 4 is 16.0 Å². The topological polar surface area (TPSA) is 87.6 Å². The van der Waals surface area contributed by atoms with Gasteiger partial charge in [0.25, 0.3) is 0 Å². The molecule has 0 bridgehead atoms. The maximum atomic E-state index is 12.2. The Bertz CT molecular complexity index is 499. The summed E-state index contributed by atoms with van der Waals surface area (Å²) in [5.41, 5.74) is 0. The SMILES string of the molecule is CC(C)CN(CC(=O)O)S(=O)(=O)c1cccnc1. The second kappa shape index (κ2) is 5.92. The summed E-state index contributed by atoms with van der Waals surface area (Å²) in [4.78, 5) is 14.5. The maximum Gasteiger partial charge on any atom is 0.318 e. The lowest BCUT2D eigenvalue weighted by atomic mass is 10.2. The first-order valence-corrected chi connectivity index (χ1v) is 6.90. The van der Waals surface area contributed by atoms with E-state index in [1.54, 1.807) is 0 Å². The zero-order valence-corrected chi connectivity index (χ0v) is 11.1. The molecular weight excluding hydrogens is 256 g/mol. The van der Waals surface area contributed by atoms with E-state index in [0.29, 0.717) is 0 Å². The van der Waals surface area contributed by atoms with Gasteiger partial charge < -0.3 is 5.11 Å². The lowest BCUT2D eigenvalue weighted by Gasteiger charge is -2.21. The van der Waals surface area contributed by atoms with E-state index in [2.05, 4.69) is 4.98 Å². The summed E-state index contributed by atoms with van der Waals surface area (Å²) in [7, 11) is -3.80. The molecule has 1 heterocycles. The van der Waals surface area contributed by atoms with Gasteiger partial charge in [-0.05, 0) is 18.1 Å². The maximum absolute atomic E-state index is 12.2. The van der Waals surface area contributed by atoms with Crippen LogP contribution in [0.1, 0.15) is 13.8 Å². The van der Waals surface area contributed by atoms with Crippen molar-refractivity contribution < 1.29 is 18.3 Å². The van der Waals surface area contributed by atoms with Crippen molar-refractivity contribution in [2.24, 2.45) is 5.92 Å². The van der Waals surface area contributed by atoms with Crippen LogP contribution in [-0.4, -0.2) is 41.9 Å². The number of nitrogens with zero attached hydrogens (tertiary/aromatic N) is 2.